The summed E-state index contributed by atoms with van der Waals surface area (Å²) in [7, 11) is 1.69. The van der Waals surface area contributed by atoms with E-state index in [0.29, 0.717) is 38.8 Å². The lowest BCUT2D eigenvalue weighted by atomic mass is 9.95. The summed E-state index contributed by atoms with van der Waals surface area (Å²) in [5.41, 5.74) is 3.21. The van der Waals surface area contributed by atoms with Crippen LogP contribution in [-0.4, -0.2) is 66.9 Å². The largest absolute Gasteiger partial charge is 0.496 e. The van der Waals surface area contributed by atoms with Crippen LogP contribution in [-0.2, 0) is 24.1 Å². The van der Waals surface area contributed by atoms with Crippen molar-refractivity contribution in [3.8, 4) is 5.75 Å². The van der Waals surface area contributed by atoms with Gasteiger partial charge < -0.3 is 24.6 Å². The molecule has 1 aromatic heterocycles. The third kappa shape index (κ3) is 5.12. The molecule has 8 nitrogen and oxygen atoms in total. The smallest absolute Gasteiger partial charge is 0.317 e. The number of anilines is 1. The number of aromatic nitrogens is 2. The predicted octanol–water partition coefficient (Wildman–Crippen LogP) is 3.31. The highest BCUT2D eigenvalue weighted by molar-refractivity contribution is 5.75. The molecule has 3 aliphatic rings. The molecule has 8 heteroatoms. The van der Waals surface area contributed by atoms with Crippen LogP contribution in [0.5, 0.6) is 5.75 Å². The number of para-hydroxylation sites is 1. The van der Waals surface area contributed by atoms with Gasteiger partial charge in [-0.1, -0.05) is 37.5 Å². The van der Waals surface area contributed by atoms with E-state index in [1.54, 1.807) is 7.11 Å². The second kappa shape index (κ2) is 10.6. The number of fused-ring (bicyclic) bond motifs is 1. The van der Waals surface area contributed by atoms with Crippen LogP contribution in [0, 0.1) is 0 Å². The van der Waals surface area contributed by atoms with E-state index < -0.39 is 0 Å². The maximum atomic E-state index is 13.1. The fourth-order valence-electron chi connectivity index (χ4n) is 5.27. The van der Waals surface area contributed by atoms with Crippen molar-refractivity contribution < 1.29 is 14.3 Å². The van der Waals surface area contributed by atoms with Crippen molar-refractivity contribution in [3.05, 3.63) is 46.9 Å². The zero-order valence-corrected chi connectivity index (χ0v) is 20.1. The van der Waals surface area contributed by atoms with Gasteiger partial charge in [-0.05, 0) is 18.9 Å². The van der Waals surface area contributed by atoms with Gasteiger partial charge in [-0.15, -0.1) is 0 Å². The number of methoxy groups -OCH3 is 1. The van der Waals surface area contributed by atoms with E-state index in [4.69, 9.17) is 19.4 Å². The molecule has 2 fully saturated rings. The standard InChI is InChI=1S/C26H35N5O3/c1-33-23-10-6-5-7-19(23)17-24-28-22-11-12-31(26(32)27-20-8-3-2-4-9-20)18-21(22)25(29-24)30-13-15-34-16-14-30/h5-7,10,20H,2-4,8-9,11-18H2,1H3,(H,27,32). The number of morpholine rings is 1. The van der Waals surface area contributed by atoms with Crippen molar-refractivity contribution in [2.75, 3.05) is 44.9 Å². The molecule has 0 atom stereocenters. The summed E-state index contributed by atoms with van der Waals surface area (Å²) in [6.45, 7) is 4.20. The molecule has 1 saturated carbocycles. The average Bonchev–Trinajstić information content (AvgIpc) is 2.89. The van der Waals surface area contributed by atoms with Crippen molar-refractivity contribution in [3.63, 3.8) is 0 Å². The number of carbonyl (C=O) groups excluding carboxylic acids is 1. The van der Waals surface area contributed by atoms with E-state index in [9.17, 15) is 4.79 Å². The molecular formula is C26H35N5O3. The highest BCUT2D eigenvalue weighted by Crippen LogP contribution is 2.29. The quantitative estimate of drug-likeness (QED) is 0.730. The lowest BCUT2D eigenvalue weighted by Crippen LogP contribution is -2.48. The van der Waals surface area contributed by atoms with Gasteiger partial charge in [-0.25, -0.2) is 14.8 Å². The van der Waals surface area contributed by atoms with Gasteiger partial charge in [-0.2, -0.15) is 0 Å². The number of urea groups is 1. The van der Waals surface area contributed by atoms with Crippen molar-refractivity contribution >= 4 is 11.8 Å². The van der Waals surface area contributed by atoms with Gasteiger partial charge in [0.05, 0.1) is 32.6 Å². The van der Waals surface area contributed by atoms with E-state index in [2.05, 4.69) is 16.3 Å². The number of nitrogens with one attached hydrogen (secondary N) is 1. The fraction of sp³-hybridized carbons (Fsp3) is 0.577. The van der Waals surface area contributed by atoms with E-state index in [0.717, 1.165) is 66.6 Å². The first-order valence-corrected chi connectivity index (χ1v) is 12.6. The number of hydrogen-bond donors (Lipinski definition) is 1. The molecule has 0 radical (unpaired) electrons. The summed E-state index contributed by atoms with van der Waals surface area (Å²) in [5.74, 6) is 2.60. The van der Waals surface area contributed by atoms with Gasteiger partial charge >= 0.3 is 6.03 Å². The summed E-state index contributed by atoms with van der Waals surface area (Å²) in [5, 5.41) is 3.27. The zero-order valence-electron chi connectivity index (χ0n) is 20.1. The SMILES string of the molecule is COc1ccccc1Cc1nc2c(c(N3CCOCC3)n1)CN(C(=O)NC1CCCCC1)CC2. The number of rotatable bonds is 5. The molecule has 34 heavy (non-hydrogen) atoms. The maximum absolute atomic E-state index is 13.1. The summed E-state index contributed by atoms with van der Waals surface area (Å²) in [6, 6.07) is 8.38. The lowest BCUT2D eigenvalue weighted by Gasteiger charge is -2.35. The Labute approximate surface area is 201 Å². The minimum atomic E-state index is 0.0450. The number of amides is 2. The van der Waals surface area contributed by atoms with Crippen molar-refractivity contribution in [1.82, 2.24) is 20.2 Å². The van der Waals surface area contributed by atoms with E-state index >= 15 is 0 Å². The first-order valence-electron chi connectivity index (χ1n) is 12.6. The first-order chi connectivity index (χ1) is 16.7. The monoisotopic (exact) mass is 465 g/mol. The van der Waals surface area contributed by atoms with Crippen LogP contribution in [0.1, 0.15) is 54.7 Å². The molecule has 0 bridgehead atoms. The van der Waals surface area contributed by atoms with Crippen LogP contribution in [0.25, 0.3) is 0 Å². The van der Waals surface area contributed by atoms with Crippen LogP contribution in [0.4, 0.5) is 10.6 Å². The molecule has 2 amide bonds. The minimum Gasteiger partial charge on any atom is -0.496 e. The fourth-order valence-corrected chi connectivity index (χ4v) is 5.27. The molecule has 1 N–H and O–H groups in total. The number of hydrogen-bond acceptors (Lipinski definition) is 6. The predicted molar refractivity (Wildman–Crippen MR) is 130 cm³/mol. The molecule has 3 heterocycles. The highest BCUT2D eigenvalue weighted by Gasteiger charge is 2.29. The Hall–Kier alpha value is -2.87. The van der Waals surface area contributed by atoms with E-state index in [1.807, 2.05) is 23.1 Å². The molecule has 2 aromatic rings. The Morgan fingerprint density at radius 3 is 2.71 bits per heavy atom. The highest BCUT2D eigenvalue weighted by atomic mass is 16.5. The third-order valence-electron chi connectivity index (χ3n) is 7.16. The first kappa shape index (κ1) is 22.9. The third-order valence-corrected chi connectivity index (χ3v) is 7.16. The van der Waals surface area contributed by atoms with Gasteiger partial charge in [0.2, 0.25) is 0 Å². The molecule has 1 aromatic carbocycles. The van der Waals surface area contributed by atoms with Crippen LogP contribution in [0.15, 0.2) is 24.3 Å². The van der Waals surface area contributed by atoms with Crippen LogP contribution < -0.4 is 15.0 Å². The second-order valence-corrected chi connectivity index (χ2v) is 9.43. The van der Waals surface area contributed by atoms with Crippen LogP contribution in [0.3, 0.4) is 0 Å². The van der Waals surface area contributed by atoms with Crippen molar-refractivity contribution in [2.24, 2.45) is 0 Å². The Kier molecular flexibility index (Phi) is 7.13. The normalized spacial score (nSPS) is 19.0. The molecule has 2 aliphatic heterocycles. The average molecular weight is 466 g/mol. The maximum Gasteiger partial charge on any atom is 0.317 e. The Balaban J connectivity index is 1.40. The Bertz CT molecular complexity index is 1000. The number of nitrogens with zero attached hydrogens (tertiary/aromatic N) is 4. The number of carbonyl (C=O) groups is 1. The number of ether oxygens (including phenoxy) is 2. The summed E-state index contributed by atoms with van der Waals surface area (Å²) in [6.07, 6.45) is 7.22. The summed E-state index contributed by atoms with van der Waals surface area (Å²) < 4.78 is 11.1. The molecular weight excluding hydrogens is 430 g/mol. The Morgan fingerprint density at radius 1 is 1.12 bits per heavy atom. The summed E-state index contributed by atoms with van der Waals surface area (Å²) >= 11 is 0. The molecule has 0 unspecified atom stereocenters. The van der Waals surface area contributed by atoms with Gasteiger partial charge in [0.15, 0.2) is 0 Å². The van der Waals surface area contributed by atoms with Gasteiger partial charge in [0.25, 0.3) is 0 Å². The van der Waals surface area contributed by atoms with Crippen molar-refractivity contribution in [1.29, 1.82) is 0 Å². The second-order valence-electron chi connectivity index (χ2n) is 9.43. The molecule has 5 rings (SSSR count). The van der Waals surface area contributed by atoms with E-state index in [-0.39, 0.29) is 6.03 Å². The van der Waals surface area contributed by atoms with Crippen LogP contribution in [0.2, 0.25) is 0 Å². The molecule has 0 spiro atoms. The molecule has 1 saturated heterocycles. The summed E-state index contributed by atoms with van der Waals surface area (Å²) in [4.78, 5) is 27.3. The van der Waals surface area contributed by atoms with Gasteiger partial charge in [0.1, 0.15) is 17.4 Å². The van der Waals surface area contributed by atoms with Gasteiger partial charge in [-0.3, -0.25) is 0 Å². The van der Waals surface area contributed by atoms with E-state index in [1.165, 1.54) is 19.3 Å². The topological polar surface area (TPSA) is 79.8 Å². The number of benzene rings is 1. The minimum absolute atomic E-state index is 0.0450. The Morgan fingerprint density at radius 2 is 1.91 bits per heavy atom. The van der Waals surface area contributed by atoms with Gasteiger partial charge in [0, 0.05) is 49.6 Å². The lowest BCUT2D eigenvalue weighted by molar-refractivity contribution is 0.122. The zero-order chi connectivity index (χ0) is 23.3. The molecule has 182 valence electrons. The van der Waals surface area contributed by atoms with Crippen molar-refractivity contribution in [2.45, 2.75) is 57.5 Å². The molecule has 1 aliphatic carbocycles. The van der Waals surface area contributed by atoms with Crippen LogP contribution >= 0.6 is 0 Å².